The largest absolute Gasteiger partial charge is 0.376 e. The highest BCUT2D eigenvalue weighted by molar-refractivity contribution is 5.59. The number of ether oxygens (including phenoxy) is 1. The number of nitriles is 1. The Kier molecular flexibility index (Phi) is 4.69. The van der Waals surface area contributed by atoms with E-state index >= 15 is 0 Å². The fourth-order valence-corrected chi connectivity index (χ4v) is 2.54. The van der Waals surface area contributed by atoms with Crippen LogP contribution in [0, 0.1) is 18.3 Å². The number of rotatable bonds is 5. The average molecular weight is 309 g/mol. The molecule has 2 heterocycles. The SMILES string of the molecule is Cc1cc(Nc2cccc(C#N)c2)nc(NCC2CCCO2)n1. The van der Waals surface area contributed by atoms with Gasteiger partial charge in [0.15, 0.2) is 0 Å². The molecule has 2 N–H and O–H groups in total. The van der Waals surface area contributed by atoms with E-state index in [-0.39, 0.29) is 6.10 Å². The minimum atomic E-state index is 0.239. The summed E-state index contributed by atoms with van der Waals surface area (Å²) in [4.78, 5) is 8.87. The van der Waals surface area contributed by atoms with Crippen molar-refractivity contribution in [1.29, 1.82) is 5.26 Å². The van der Waals surface area contributed by atoms with Crippen LogP contribution < -0.4 is 10.6 Å². The zero-order chi connectivity index (χ0) is 16.1. The van der Waals surface area contributed by atoms with Crippen LogP contribution in [0.2, 0.25) is 0 Å². The second-order valence-electron chi connectivity index (χ2n) is 5.55. The molecule has 6 heteroatoms. The van der Waals surface area contributed by atoms with Crippen molar-refractivity contribution in [2.24, 2.45) is 0 Å². The van der Waals surface area contributed by atoms with Crippen molar-refractivity contribution in [3.63, 3.8) is 0 Å². The van der Waals surface area contributed by atoms with Crippen LogP contribution in [0.3, 0.4) is 0 Å². The minimum absolute atomic E-state index is 0.239. The molecule has 1 atom stereocenters. The maximum Gasteiger partial charge on any atom is 0.224 e. The third-order valence-electron chi connectivity index (χ3n) is 3.63. The summed E-state index contributed by atoms with van der Waals surface area (Å²) in [6, 6.07) is 11.3. The number of nitrogens with one attached hydrogen (secondary N) is 2. The summed E-state index contributed by atoms with van der Waals surface area (Å²) in [5.74, 6) is 1.28. The third-order valence-corrected chi connectivity index (χ3v) is 3.63. The molecule has 1 aliphatic heterocycles. The molecule has 3 rings (SSSR count). The highest BCUT2D eigenvalue weighted by Gasteiger charge is 2.15. The van der Waals surface area contributed by atoms with Crippen molar-refractivity contribution >= 4 is 17.5 Å². The summed E-state index contributed by atoms with van der Waals surface area (Å²) >= 11 is 0. The molecule has 1 aromatic carbocycles. The third kappa shape index (κ3) is 4.18. The Bertz CT molecular complexity index is 719. The molecule has 0 amide bonds. The van der Waals surface area contributed by atoms with E-state index in [1.54, 1.807) is 12.1 Å². The lowest BCUT2D eigenvalue weighted by atomic mass is 10.2. The van der Waals surface area contributed by atoms with E-state index in [9.17, 15) is 0 Å². The second kappa shape index (κ2) is 7.07. The normalized spacial score (nSPS) is 16.8. The van der Waals surface area contributed by atoms with Crippen LogP contribution >= 0.6 is 0 Å². The predicted molar refractivity (Wildman–Crippen MR) is 88.7 cm³/mol. The van der Waals surface area contributed by atoms with Crippen molar-refractivity contribution in [3.05, 3.63) is 41.6 Å². The lowest BCUT2D eigenvalue weighted by Crippen LogP contribution is -2.20. The van der Waals surface area contributed by atoms with E-state index in [0.29, 0.717) is 23.9 Å². The predicted octanol–water partition coefficient (Wildman–Crippen LogP) is 2.99. The molecule has 1 fully saturated rings. The zero-order valence-electron chi connectivity index (χ0n) is 13.0. The van der Waals surface area contributed by atoms with E-state index < -0.39 is 0 Å². The first-order valence-corrected chi connectivity index (χ1v) is 7.71. The van der Waals surface area contributed by atoms with Gasteiger partial charge in [-0.1, -0.05) is 6.07 Å². The summed E-state index contributed by atoms with van der Waals surface area (Å²) in [6.45, 7) is 3.48. The van der Waals surface area contributed by atoms with Crippen molar-refractivity contribution in [2.45, 2.75) is 25.9 Å². The van der Waals surface area contributed by atoms with E-state index in [4.69, 9.17) is 10.00 Å². The van der Waals surface area contributed by atoms with Crippen molar-refractivity contribution in [3.8, 4) is 6.07 Å². The quantitative estimate of drug-likeness (QED) is 0.883. The molecule has 2 aromatic rings. The Morgan fingerprint density at radius 3 is 3.04 bits per heavy atom. The smallest absolute Gasteiger partial charge is 0.224 e. The van der Waals surface area contributed by atoms with Gasteiger partial charge in [-0.3, -0.25) is 0 Å². The molecular formula is C17H19N5O. The molecule has 0 radical (unpaired) electrons. The highest BCUT2D eigenvalue weighted by atomic mass is 16.5. The fourth-order valence-electron chi connectivity index (χ4n) is 2.54. The first-order valence-electron chi connectivity index (χ1n) is 7.71. The Hall–Kier alpha value is -2.65. The van der Waals surface area contributed by atoms with E-state index in [1.807, 2.05) is 25.1 Å². The lowest BCUT2D eigenvalue weighted by molar-refractivity contribution is 0.120. The number of anilines is 3. The van der Waals surface area contributed by atoms with Crippen LogP contribution in [0.4, 0.5) is 17.5 Å². The molecule has 0 saturated carbocycles. The summed E-state index contributed by atoms with van der Waals surface area (Å²) in [5.41, 5.74) is 2.30. The van der Waals surface area contributed by atoms with Crippen LogP contribution in [-0.2, 0) is 4.74 Å². The first-order chi connectivity index (χ1) is 11.2. The van der Waals surface area contributed by atoms with Gasteiger partial charge in [-0.15, -0.1) is 0 Å². The van der Waals surface area contributed by atoms with Crippen LogP contribution in [0.25, 0.3) is 0 Å². The molecule has 1 saturated heterocycles. The Morgan fingerprint density at radius 1 is 1.35 bits per heavy atom. The first kappa shape index (κ1) is 15.3. The molecular weight excluding hydrogens is 290 g/mol. The van der Waals surface area contributed by atoms with Crippen LogP contribution in [0.1, 0.15) is 24.1 Å². The van der Waals surface area contributed by atoms with Crippen molar-refractivity contribution < 1.29 is 4.74 Å². The molecule has 23 heavy (non-hydrogen) atoms. The molecule has 1 aromatic heterocycles. The Balaban J connectivity index is 1.70. The maximum atomic E-state index is 8.96. The summed E-state index contributed by atoms with van der Waals surface area (Å²) < 4.78 is 5.59. The van der Waals surface area contributed by atoms with Gasteiger partial charge in [0.05, 0.1) is 17.7 Å². The highest BCUT2D eigenvalue weighted by Crippen LogP contribution is 2.18. The average Bonchev–Trinajstić information content (AvgIpc) is 3.06. The lowest BCUT2D eigenvalue weighted by Gasteiger charge is -2.12. The topological polar surface area (TPSA) is 82.9 Å². The monoisotopic (exact) mass is 309 g/mol. The molecule has 118 valence electrons. The zero-order valence-corrected chi connectivity index (χ0v) is 13.0. The summed E-state index contributed by atoms with van der Waals surface area (Å²) in [7, 11) is 0. The van der Waals surface area contributed by atoms with E-state index in [2.05, 4.69) is 26.7 Å². The van der Waals surface area contributed by atoms with Gasteiger partial charge in [-0.05, 0) is 38.0 Å². The molecule has 0 bridgehead atoms. The van der Waals surface area contributed by atoms with E-state index in [1.165, 1.54) is 0 Å². The van der Waals surface area contributed by atoms with Gasteiger partial charge < -0.3 is 15.4 Å². The van der Waals surface area contributed by atoms with Crippen LogP contribution in [0.15, 0.2) is 30.3 Å². The van der Waals surface area contributed by atoms with Crippen LogP contribution in [0.5, 0.6) is 0 Å². The molecule has 6 nitrogen and oxygen atoms in total. The number of benzene rings is 1. The second-order valence-corrected chi connectivity index (χ2v) is 5.55. The van der Waals surface area contributed by atoms with Gasteiger partial charge in [0.2, 0.25) is 5.95 Å². The van der Waals surface area contributed by atoms with Gasteiger partial charge in [-0.25, -0.2) is 4.98 Å². The number of hydrogen-bond acceptors (Lipinski definition) is 6. The molecule has 0 aliphatic carbocycles. The minimum Gasteiger partial charge on any atom is -0.376 e. The van der Waals surface area contributed by atoms with Gasteiger partial charge >= 0.3 is 0 Å². The van der Waals surface area contributed by atoms with E-state index in [0.717, 1.165) is 30.8 Å². The van der Waals surface area contributed by atoms with Gasteiger partial charge in [0.1, 0.15) is 5.82 Å². The molecule has 1 unspecified atom stereocenters. The van der Waals surface area contributed by atoms with Crippen LogP contribution in [-0.4, -0.2) is 29.2 Å². The number of aromatic nitrogens is 2. The molecule has 1 aliphatic rings. The van der Waals surface area contributed by atoms with Crippen molar-refractivity contribution in [2.75, 3.05) is 23.8 Å². The Morgan fingerprint density at radius 2 is 2.26 bits per heavy atom. The Labute approximate surface area is 135 Å². The van der Waals surface area contributed by atoms with Gasteiger partial charge in [0, 0.05) is 30.6 Å². The van der Waals surface area contributed by atoms with Crippen molar-refractivity contribution in [1.82, 2.24) is 9.97 Å². The standard InChI is InChI=1S/C17H19N5O/c1-12-8-16(21-14-5-2-4-13(9-14)10-18)22-17(20-12)19-11-15-6-3-7-23-15/h2,4-5,8-9,15H,3,6-7,11H2,1H3,(H2,19,20,21,22). The molecule has 0 spiro atoms. The maximum absolute atomic E-state index is 8.96. The fraction of sp³-hybridized carbons (Fsp3) is 0.353. The van der Waals surface area contributed by atoms with Gasteiger partial charge in [0.25, 0.3) is 0 Å². The number of nitrogens with zero attached hydrogens (tertiary/aromatic N) is 3. The number of hydrogen-bond donors (Lipinski definition) is 2. The van der Waals surface area contributed by atoms with Gasteiger partial charge in [-0.2, -0.15) is 10.2 Å². The summed E-state index contributed by atoms with van der Waals surface area (Å²) in [5, 5.41) is 15.4. The number of aryl methyl sites for hydroxylation is 1. The summed E-state index contributed by atoms with van der Waals surface area (Å²) in [6.07, 6.45) is 2.43.